The summed E-state index contributed by atoms with van der Waals surface area (Å²) >= 11 is 3.43. The van der Waals surface area contributed by atoms with Gasteiger partial charge in [-0.3, -0.25) is 0 Å². The molecule has 1 aromatic carbocycles. The zero-order valence-electron chi connectivity index (χ0n) is 11.1. The van der Waals surface area contributed by atoms with E-state index in [9.17, 15) is 5.26 Å². The van der Waals surface area contributed by atoms with E-state index in [0.717, 1.165) is 15.7 Å². The molecule has 1 aliphatic rings. The molecule has 0 radical (unpaired) electrons. The lowest BCUT2D eigenvalue weighted by atomic mass is 9.99. The smallest absolute Gasteiger partial charge is 0.148 e. The monoisotopic (exact) mass is 329 g/mol. The lowest BCUT2D eigenvalue weighted by Crippen LogP contribution is -1.98. The summed E-state index contributed by atoms with van der Waals surface area (Å²) in [6, 6.07) is 10.2. The van der Waals surface area contributed by atoms with Gasteiger partial charge in [0.05, 0.1) is 5.69 Å². The fraction of sp³-hybridized carbons (Fsp3) is 0.312. The molecule has 2 aromatic rings. The Morgan fingerprint density at radius 1 is 1.20 bits per heavy atom. The zero-order chi connectivity index (χ0) is 14.1. The number of hydrogen-bond donors (Lipinski definition) is 1. The van der Waals surface area contributed by atoms with Gasteiger partial charge >= 0.3 is 0 Å². The fourth-order valence-corrected chi connectivity index (χ4v) is 3.29. The molecule has 1 saturated carbocycles. The molecular formula is C16H16BrN3. The van der Waals surface area contributed by atoms with Crippen LogP contribution in [0.15, 0.2) is 34.9 Å². The number of benzene rings is 1. The highest BCUT2D eigenvalue weighted by Gasteiger charge is 2.24. The minimum absolute atomic E-state index is 0.513. The first-order valence-corrected chi connectivity index (χ1v) is 7.66. The maximum Gasteiger partial charge on any atom is 0.148 e. The Morgan fingerprint density at radius 2 is 1.85 bits per heavy atom. The van der Waals surface area contributed by atoms with E-state index in [2.05, 4.69) is 22.0 Å². The van der Waals surface area contributed by atoms with Crippen molar-refractivity contribution in [2.45, 2.75) is 31.6 Å². The Morgan fingerprint density at radius 3 is 2.45 bits per heavy atom. The number of halogens is 1. The highest BCUT2D eigenvalue weighted by Crippen LogP contribution is 2.39. The van der Waals surface area contributed by atoms with Gasteiger partial charge in [0.2, 0.25) is 0 Å². The molecular weight excluding hydrogens is 314 g/mol. The Balaban J connectivity index is 2.09. The third-order valence-electron chi connectivity index (χ3n) is 4.08. The Hall–Kier alpha value is -1.73. The van der Waals surface area contributed by atoms with Crippen LogP contribution in [0.1, 0.15) is 42.9 Å². The van der Waals surface area contributed by atoms with Crippen LogP contribution in [0.25, 0.3) is 5.69 Å². The second-order valence-corrected chi connectivity index (χ2v) is 6.20. The Labute approximate surface area is 127 Å². The number of nitrogens with zero attached hydrogens (tertiary/aromatic N) is 2. The minimum atomic E-state index is 0.513. The highest BCUT2D eigenvalue weighted by molar-refractivity contribution is 9.10. The molecule has 0 saturated heterocycles. The predicted octanol–water partition coefficient (Wildman–Crippen LogP) is 4.35. The van der Waals surface area contributed by atoms with Gasteiger partial charge in [-0.1, -0.05) is 28.8 Å². The lowest BCUT2D eigenvalue weighted by Gasteiger charge is -2.07. The van der Waals surface area contributed by atoms with Gasteiger partial charge in [-0.05, 0) is 48.6 Å². The molecule has 0 bridgehead atoms. The van der Waals surface area contributed by atoms with Gasteiger partial charge in [-0.2, -0.15) is 5.26 Å². The Bertz CT molecular complexity index is 658. The number of nitriles is 1. The SMILES string of the molecule is N#Cc1c(N)c(C2CCCC2)cn1-c1ccc(Br)cc1. The van der Waals surface area contributed by atoms with E-state index >= 15 is 0 Å². The first-order valence-electron chi connectivity index (χ1n) is 6.87. The molecule has 20 heavy (non-hydrogen) atoms. The molecule has 1 fully saturated rings. The normalized spacial score (nSPS) is 15.4. The molecule has 102 valence electrons. The van der Waals surface area contributed by atoms with Gasteiger partial charge in [-0.15, -0.1) is 0 Å². The number of rotatable bonds is 2. The van der Waals surface area contributed by atoms with Crippen molar-refractivity contribution in [2.24, 2.45) is 0 Å². The highest BCUT2D eigenvalue weighted by atomic mass is 79.9. The maximum atomic E-state index is 9.41. The van der Waals surface area contributed by atoms with Crippen LogP contribution in [-0.2, 0) is 0 Å². The van der Waals surface area contributed by atoms with Crippen LogP contribution < -0.4 is 5.73 Å². The summed E-state index contributed by atoms with van der Waals surface area (Å²) in [4.78, 5) is 0. The second kappa shape index (κ2) is 5.34. The number of aromatic nitrogens is 1. The van der Waals surface area contributed by atoms with Gasteiger partial charge < -0.3 is 10.3 Å². The third-order valence-corrected chi connectivity index (χ3v) is 4.61. The molecule has 1 aromatic heterocycles. The van der Waals surface area contributed by atoms with Gasteiger partial charge in [0.1, 0.15) is 11.8 Å². The average molecular weight is 330 g/mol. The summed E-state index contributed by atoms with van der Waals surface area (Å²) in [5.74, 6) is 0.513. The van der Waals surface area contributed by atoms with Crippen molar-refractivity contribution in [3.8, 4) is 11.8 Å². The predicted molar refractivity (Wildman–Crippen MR) is 83.8 cm³/mol. The number of nitrogen functional groups attached to an aromatic ring is 1. The minimum Gasteiger partial charge on any atom is -0.396 e. The average Bonchev–Trinajstić information content (AvgIpc) is 3.07. The number of nitrogens with two attached hydrogens (primary N) is 1. The van der Waals surface area contributed by atoms with Crippen molar-refractivity contribution in [3.63, 3.8) is 0 Å². The Kier molecular flexibility index (Phi) is 3.54. The molecule has 1 heterocycles. The molecule has 3 nitrogen and oxygen atoms in total. The lowest BCUT2D eigenvalue weighted by molar-refractivity contribution is 0.724. The van der Waals surface area contributed by atoms with Crippen molar-refractivity contribution in [3.05, 3.63) is 46.2 Å². The topological polar surface area (TPSA) is 54.7 Å². The van der Waals surface area contributed by atoms with E-state index in [0.29, 0.717) is 17.3 Å². The molecule has 0 amide bonds. The van der Waals surface area contributed by atoms with Crippen molar-refractivity contribution in [1.82, 2.24) is 4.57 Å². The van der Waals surface area contributed by atoms with Crippen LogP contribution in [0.3, 0.4) is 0 Å². The van der Waals surface area contributed by atoms with E-state index in [1.165, 1.54) is 25.7 Å². The molecule has 3 rings (SSSR count). The molecule has 0 unspecified atom stereocenters. The first-order chi connectivity index (χ1) is 9.70. The van der Waals surface area contributed by atoms with Crippen LogP contribution in [0.5, 0.6) is 0 Å². The maximum absolute atomic E-state index is 9.41. The van der Waals surface area contributed by atoms with Crippen molar-refractivity contribution in [2.75, 3.05) is 5.73 Å². The van der Waals surface area contributed by atoms with Gasteiger partial charge in [0.25, 0.3) is 0 Å². The molecule has 2 N–H and O–H groups in total. The van der Waals surface area contributed by atoms with Gasteiger partial charge in [-0.25, -0.2) is 0 Å². The molecule has 4 heteroatoms. The molecule has 0 atom stereocenters. The fourth-order valence-electron chi connectivity index (χ4n) is 3.02. The van der Waals surface area contributed by atoms with Crippen LogP contribution in [-0.4, -0.2) is 4.57 Å². The van der Waals surface area contributed by atoms with E-state index in [1.54, 1.807) is 0 Å². The largest absolute Gasteiger partial charge is 0.396 e. The van der Waals surface area contributed by atoms with E-state index in [4.69, 9.17) is 5.73 Å². The third kappa shape index (κ3) is 2.23. The summed E-state index contributed by atoms with van der Waals surface area (Å²) in [6.45, 7) is 0. The summed E-state index contributed by atoms with van der Waals surface area (Å²) in [5.41, 5.74) is 9.53. The van der Waals surface area contributed by atoms with Gasteiger partial charge in [0.15, 0.2) is 0 Å². The molecule has 0 aliphatic heterocycles. The summed E-state index contributed by atoms with van der Waals surface area (Å²) < 4.78 is 2.94. The van der Waals surface area contributed by atoms with E-state index in [1.807, 2.05) is 35.0 Å². The summed E-state index contributed by atoms with van der Waals surface area (Å²) in [5, 5.41) is 9.41. The number of anilines is 1. The van der Waals surface area contributed by atoms with Crippen LogP contribution in [0, 0.1) is 11.3 Å². The van der Waals surface area contributed by atoms with Crippen LogP contribution >= 0.6 is 15.9 Å². The molecule has 1 aliphatic carbocycles. The summed E-state index contributed by atoms with van der Waals surface area (Å²) in [7, 11) is 0. The second-order valence-electron chi connectivity index (χ2n) is 5.29. The van der Waals surface area contributed by atoms with Crippen molar-refractivity contribution < 1.29 is 0 Å². The van der Waals surface area contributed by atoms with E-state index < -0.39 is 0 Å². The zero-order valence-corrected chi connectivity index (χ0v) is 12.7. The van der Waals surface area contributed by atoms with Crippen molar-refractivity contribution in [1.29, 1.82) is 5.26 Å². The van der Waals surface area contributed by atoms with Crippen LogP contribution in [0.2, 0.25) is 0 Å². The van der Waals surface area contributed by atoms with Crippen LogP contribution in [0.4, 0.5) is 5.69 Å². The number of hydrogen-bond acceptors (Lipinski definition) is 2. The van der Waals surface area contributed by atoms with Gasteiger partial charge in [0, 0.05) is 16.4 Å². The standard InChI is InChI=1S/C16H16BrN3/c17-12-5-7-13(8-6-12)20-10-14(11-3-1-2-4-11)16(19)15(20)9-18/h5-8,10-11H,1-4,19H2. The molecule has 0 spiro atoms. The quantitative estimate of drug-likeness (QED) is 0.890. The van der Waals surface area contributed by atoms with E-state index in [-0.39, 0.29) is 0 Å². The van der Waals surface area contributed by atoms with Crippen molar-refractivity contribution >= 4 is 21.6 Å². The summed E-state index contributed by atoms with van der Waals surface area (Å²) in [6.07, 6.45) is 6.93. The first kappa shape index (κ1) is 13.3.